The highest BCUT2D eigenvalue weighted by Crippen LogP contribution is 2.33. The number of fused-ring (bicyclic) bond motifs is 1. The second-order valence-electron chi connectivity index (χ2n) is 5.87. The van der Waals surface area contributed by atoms with E-state index in [1.165, 1.54) is 44.5 Å². The van der Waals surface area contributed by atoms with Crippen molar-refractivity contribution < 1.29 is 0 Å². The number of rotatable bonds is 2. The number of likely N-dealkylation sites (tertiary alicyclic amines) is 1. The van der Waals surface area contributed by atoms with Gasteiger partial charge in [0.2, 0.25) is 0 Å². The molecule has 0 atom stereocenters. The summed E-state index contributed by atoms with van der Waals surface area (Å²) in [6.45, 7) is 2.36. The lowest BCUT2D eigenvalue weighted by atomic mass is 9.94. The van der Waals surface area contributed by atoms with E-state index in [1.54, 1.807) is 0 Å². The van der Waals surface area contributed by atoms with Gasteiger partial charge >= 0.3 is 0 Å². The van der Waals surface area contributed by atoms with Gasteiger partial charge in [0, 0.05) is 31.2 Å². The lowest BCUT2D eigenvalue weighted by Gasteiger charge is -2.42. The number of hydrogen-bond acceptors (Lipinski definition) is 3. The third-order valence-electron chi connectivity index (χ3n) is 4.64. The Labute approximate surface area is 113 Å². The summed E-state index contributed by atoms with van der Waals surface area (Å²) in [7, 11) is 0. The van der Waals surface area contributed by atoms with E-state index < -0.39 is 0 Å². The minimum absolute atomic E-state index is 0.595. The molecule has 1 aromatic carbocycles. The van der Waals surface area contributed by atoms with Gasteiger partial charge < -0.3 is 0 Å². The molecule has 2 heterocycles. The van der Waals surface area contributed by atoms with Gasteiger partial charge in [0.05, 0.1) is 16.7 Å². The molecule has 0 radical (unpaired) electrons. The average Bonchev–Trinajstić information content (AvgIpc) is 2.91. The molecule has 1 aromatic heterocycles. The summed E-state index contributed by atoms with van der Waals surface area (Å²) in [5, 5.41) is 0. The molecule has 98 valence electrons. The number of hydrogen-bond donors (Lipinski definition) is 0. The van der Waals surface area contributed by atoms with E-state index in [1.807, 2.05) is 24.4 Å². The van der Waals surface area contributed by atoms with Gasteiger partial charge in [0.15, 0.2) is 0 Å². The molecule has 2 fully saturated rings. The molecule has 4 rings (SSSR count). The average molecular weight is 253 g/mol. The molecule has 1 aliphatic heterocycles. The molecule has 1 aliphatic carbocycles. The first-order chi connectivity index (χ1) is 9.40. The van der Waals surface area contributed by atoms with Gasteiger partial charge in [-0.1, -0.05) is 25.0 Å². The molecule has 1 saturated heterocycles. The van der Waals surface area contributed by atoms with E-state index in [-0.39, 0.29) is 0 Å². The van der Waals surface area contributed by atoms with Gasteiger partial charge in [0.1, 0.15) is 0 Å². The van der Waals surface area contributed by atoms with Gasteiger partial charge in [-0.2, -0.15) is 0 Å². The predicted octanol–water partition coefficient (Wildman–Crippen LogP) is 2.97. The van der Waals surface area contributed by atoms with Crippen molar-refractivity contribution in [1.29, 1.82) is 0 Å². The third kappa shape index (κ3) is 2.02. The van der Waals surface area contributed by atoms with Crippen molar-refractivity contribution >= 4 is 11.0 Å². The van der Waals surface area contributed by atoms with E-state index in [0.29, 0.717) is 5.92 Å². The van der Waals surface area contributed by atoms with Crippen molar-refractivity contribution in [3.05, 3.63) is 36.2 Å². The fraction of sp³-hybridized carbons (Fsp3) is 0.500. The van der Waals surface area contributed by atoms with Gasteiger partial charge in [-0.05, 0) is 25.0 Å². The Hall–Kier alpha value is -1.48. The van der Waals surface area contributed by atoms with E-state index in [9.17, 15) is 0 Å². The topological polar surface area (TPSA) is 29.0 Å². The second kappa shape index (κ2) is 4.57. The van der Waals surface area contributed by atoms with Crippen LogP contribution in [0.5, 0.6) is 0 Å². The Morgan fingerprint density at radius 3 is 2.53 bits per heavy atom. The Morgan fingerprint density at radius 1 is 1.00 bits per heavy atom. The first kappa shape index (κ1) is 11.4. The van der Waals surface area contributed by atoms with Crippen molar-refractivity contribution in [1.82, 2.24) is 14.9 Å². The van der Waals surface area contributed by atoms with Crippen LogP contribution in [0.15, 0.2) is 30.5 Å². The van der Waals surface area contributed by atoms with Gasteiger partial charge in [-0.25, -0.2) is 4.98 Å². The van der Waals surface area contributed by atoms with Crippen molar-refractivity contribution in [2.45, 2.75) is 37.6 Å². The first-order valence-corrected chi connectivity index (χ1v) is 7.36. The normalized spacial score (nSPS) is 21.9. The standard InChI is InChI=1S/C16H19N3/c1-2-6-13(5-1)19-10-12(11-19)16-9-17-14-7-3-4-8-15(14)18-16/h3-4,7-9,12-13H,1-2,5-6,10-11H2. The Kier molecular flexibility index (Phi) is 2.73. The fourth-order valence-electron chi connectivity index (χ4n) is 3.44. The number of benzene rings is 1. The van der Waals surface area contributed by atoms with Crippen LogP contribution in [0.4, 0.5) is 0 Å². The van der Waals surface area contributed by atoms with E-state index in [2.05, 4.69) is 16.0 Å². The number of para-hydroxylation sites is 2. The monoisotopic (exact) mass is 253 g/mol. The minimum Gasteiger partial charge on any atom is -0.299 e. The zero-order valence-corrected chi connectivity index (χ0v) is 11.1. The quantitative estimate of drug-likeness (QED) is 0.824. The van der Waals surface area contributed by atoms with Crippen LogP contribution < -0.4 is 0 Å². The van der Waals surface area contributed by atoms with Gasteiger partial charge in [-0.15, -0.1) is 0 Å². The highest BCUT2D eigenvalue weighted by atomic mass is 15.2. The van der Waals surface area contributed by atoms with Crippen molar-refractivity contribution in [2.24, 2.45) is 0 Å². The molecule has 0 N–H and O–H groups in total. The largest absolute Gasteiger partial charge is 0.299 e. The fourth-order valence-corrected chi connectivity index (χ4v) is 3.44. The third-order valence-corrected chi connectivity index (χ3v) is 4.64. The van der Waals surface area contributed by atoms with Crippen LogP contribution >= 0.6 is 0 Å². The van der Waals surface area contributed by atoms with Crippen molar-refractivity contribution in [3.8, 4) is 0 Å². The van der Waals surface area contributed by atoms with Crippen LogP contribution in [-0.4, -0.2) is 34.0 Å². The van der Waals surface area contributed by atoms with Gasteiger partial charge in [-0.3, -0.25) is 9.88 Å². The molecule has 1 saturated carbocycles. The second-order valence-corrected chi connectivity index (χ2v) is 5.87. The Morgan fingerprint density at radius 2 is 1.74 bits per heavy atom. The van der Waals surface area contributed by atoms with Gasteiger partial charge in [0.25, 0.3) is 0 Å². The zero-order valence-electron chi connectivity index (χ0n) is 11.1. The molecule has 0 spiro atoms. The lowest BCUT2D eigenvalue weighted by molar-refractivity contribution is 0.0924. The smallest absolute Gasteiger partial charge is 0.0890 e. The molecular weight excluding hydrogens is 234 g/mol. The summed E-state index contributed by atoms with van der Waals surface area (Å²) in [6, 6.07) is 8.98. The summed E-state index contributed by atoms with van der Waals surface area (Å²) in [5.74, 6) is 0.595. The maximum absolute atomic E-state index is 4.77. The Balaban J connectivity index is 1.50. The summed E-state index contributed by atoms with van der Waals surface area (Å²) in [4.78, 5) is 11.9. The lowest BCUT2D eigenvalue weighted by Crippen LogP contribution is -2.50. The zero-order chi connectivity index (χ0) is 12.7. The predicted molar refractivity (Wildman–Crippen MR) is 76.1 cm³/mol. The highest BCUT2D eigenvalue weighted by molar-refractivity contribution is 5.73. The minimum atomic E-state index is 0.595. The molecule has 2 aliphatic rings. The van der Waals surface area contributed by atoms with Crippen LogP contribution in [0.1, 0.15) is 37.3 Å². The van der Waals surface area contributed by atoms with Crippen LogP contribution in [-0.2, 0) is 0 Å². The van der Waals surface area contributed by atoms with Crippen LogP contribution in [0.3, 0.4) is 0 Å². The summed E-state index contributed by atoms with van der Waals surface area (Å²) >= 11 is 0. The molecule has 2 aromatic rings. The Bertz CT molecular complexity index is 583. The maximum atomic E-state index is 4.77. The molecule has 3 heteroatoms. The molecular formula is C16H19N3. The van der Waals surface area contributed by atoms with E-state index >= 15 is 0 Å². The number of nitrogens with zero attached hydrogens (tertiary/aromatic N) is 3. The van der Waals surface area contributed by atoms with E-state index in [4.69, 9.17) is 4.98 Å². The highest BCUT2D eigenvalue weighted by Gasteiger charge is 2.35. The maximum Gasteiger partial charge on any atom is 0.0890 e. The molecule has 0 bridgehead atoms. The SMILES string of the molecule is c1ccc2nc(C3CN(C4CCCC4)C3)cnc2c1. The summed E-state index contributed by atoms with van der Waals surface area (Å²) in [5.41, 5.74) is 3.20. The first-order valence-electron chi connectivity index (χ1n) is 7.36. The molecule has 0 unspecified atom stereocenters. The van der Waals surface area contributed by atoms with E-state index in [0.717, 1.165) is 17.1 Å². The van der Waals surface area contributed by atoms with Crippen LogP contribution in [0.2, 0.25) is 0 Å². The van der Waals surface area contributed by atoms with Crippen molar-refractivity contribution in [2.75, 3.05) is 13.1 Å². The summed E-state index contributed by atoms with van der Waals surface area (Å²) in [6.07, 6.45) is 7.61. The van der Waals surface area contributed by atoms with Crippen LogP contribution in [0.25, 0.3) is 11.0 Å². The summed E-state index contributed by atoms with van der Waals surface area (Å²) < 4.78 is 0. The number of aromatic nitrogens is 2. The van der Waals surface area contributed by atoms with Crippen LogP contribution in [0, 0.1) is 0 Å². The van der Waals surface area contributed by atoms with Crippen molar-refractivity contribution in [3.63, 3.8) is 0 Å². The molecule has 3 nitrogen and oxygen atoms in total. The molecule has 0 amide bonds. The molecule has 19 heavy (non-hydrogen) atoms.